The minimum Gasteiger partial charge on any atom is -0.385 e. The molecule has 1 aliphatic rings. The Hall–Kier alpha value is -2.49. The number of benzene rings is 2. The number of rotatable bonds is 6. The van der Waals surface area contributed by atoms with E-state index in [2.05, 4.69) is 34.5 Å². The number of anilines is 3. The fourth-order valence-corrected chi connectivity index (χ4v) is 3.04. The maximum absolute atomic E-state index is 12.2. The van der Waals surface area contributed by atoms with E-state index in [1.165, 1.54) is 18.5 Å². The summed E-state index contributed by atoms with van der Waals surface area (Å²) < 4.78 is 0. The molecule has 1 saturated heterocycles. The highest BCUT2D eigenvalue weighted by atomic mass is 16.2. The van der Waals surface area contributed by atoms with E-state index in [4.69, 9.17) is 0 Å². The normalized spacial score (nSPS) is 13.8. The van der Waals surface area contributed by atoms with E-state index in [9.17, 15) is 4.79 Å². The molecule has 0 aromatic heterocycles. The molecule has 4 nitrogen and oxygen atoms in total. The lowest BCUT2D eigenvalue weighted by atomic mass is 10.2. The topological polar surface area (TPSA) is 35.6 Å². The maximum Gasteiger partial charge on any atom is 0.228 e. The van der Waals surface area contributed by atoms with Crippen molar-refractivity contribution in [1.82, 2.24) is 0 Å². The summed E-state index contributed by atoms with van der Waals surface area (Å²) in [6.07, 6.45) is 3.05. The molecular weight excluding hydrogens is 298 g/mol. The Morgan fingerprint density at radius 1 is 1.04 bits per heavy atom. The number of hydrogen-bond donors (Lipinski definition) is 1. The molecule has 3 rings (SSSR count). The Balaban J connectivity index is 1.46. The molecule has 0 atom stereocenters. The van der Waals surface area contributed by atoms with Crippen molar-refractivity contribution in [2.24, 2.45) is 0 Å². The van der Waals surface area contributed by atoms with E-state index in [1.54, 1.807) is 4.90 Å². The number of carbonyl (C=O) groups is 1. The van der Waals surface area contributed by atoms with Gasteiger partial charge in [0.1, 0.15) is 0 Å². The summed E-state index contributed by atoms with van der Waals surface area (Å²) >= 11 is 0. The first-order valence-corrected chi connectivity index (χ1v) is 8.64. The second kappa shape index (κ2) is 7.86. The zero-order valence-corrected chi connectivity index (χ0v) is 14.2. The van der Waals surface area contributed by atoms with Gasteiger partial charge in [0.05, 0.1) is 0 Å². The number of amides is 1. The molecule has 1 amide bonds. The summed E-state index contributed by atoms with van der Waals surface area (Å²) in [5, 5.41) is 3.33. The van der Waals surface area contributed by atoms with Gasteiger partial charge < -0.3 is 15.1 Å². The van der Waals surface area contributed by atoms with Gasteiger partial charge in [0.15, 0.2) is 0 Å². The summed E-state index contributed by atoms with van der Waals surface area (Å²) in [5.74, 6) is 0.113. The third-order valence-corrected chi connectivity index (χ3v) is 4.52. The lowest BCUT2D eigenvalue weighted by molar-refractivity contribution is -0.118. The van der Waals surface area contributed by atoms with Gasteiger partial charge in [-0.05, 0) is 49.2 Å². The molecule has 4 heteroatoms. The van der Waals surface area contributed by atoms with Crippen molar-refractivity contribution in [3.8, 4) is 0 Å². The first-order chi connectivity index (χ1) is 11.7. The number of nitrogens with zero attached hydrogens (tertiary/aromatic N) is 2. The van der Waals surface area contributed by atoms with Crippen molar-refractivity contribution in [1.29, 1.82) is 0 Å². The van der Waals surface area contributed by atoms with Crippen molar-refractivity contribution >= 4 is 23.0 Å². The fourth-order valence-electron chi connectivity index (χ4n) is 3.04. The van der Waals surface area contributed by atoms with Gasteiger partial charge in [0.2, 0.25) is 5.91 Å². The number of carbonyl (C=O) groups excluding carboxylic acids is 1. The zero-order valence-electron chi connectivity index (χ0n) is 14.2. The highest BCUT2D eigenvalue weighted by Gasteiger charge is 2.12. The molecule has 126 valence electrons. The van der Waals surface area contributed by atoms with Crippen LogP contribution in [0.3, 0.4) is 0 Å². The van der Waals surface area contributed by atoms with Gasteiger partial charge in [-0.3, -0.25) is 4.79 Å². The van der Waals surface area contributed by atoms with Crippen LogP contribution in [-0.2, 0) is 4.79 Å². The van der Waals surface area contributed by atoms with Gasteiger partial charge in [-0.25, -0.2) is 0 Å². The Labute approximate surface area is 144 Å². The smallest absolute Gasteiger partial charge is 0.228 e. The summed E-state index contributed by atoms with van der Waals surface area (Å²) in [4.78, 5) is 16.4. The zero-order chi connectivity index (χ0) is 16.8. The fraction of sp³-hybridized carbons (Fsp3) is 0.350. The van der Waals surface area contributed by atoms with Crippen LogP contribution in [0.25, 0.3) is 0 Å². The van der Waals surface area contributed by atoms with Gasteiger partial charge in [-0.1, -0.05) is 18.2 Å². The third-order valence-electron chi connectivity index (χ3n) is 4.52. The number of hydrogen-bond acceptors (Lipinski definition) is 3. The number of nitrogens with one attached hydrogen (secondary N) is 1. The van der Waals surface area contributed by atoms with Gasteiger partial charge in [-0.2, -0.15) is 0 Å². The minimum absolute atomic E-state index is 0.113. The molecule has 2 aromatic carbocycles. The maximum atomic E-state index is 12.2. The van der Waals surface area contributed by atoms with E-state index >= 15 is 0 Å². The molecule has 0 unspecified atom stereocenters. The van der Waals surface area contributed by atoms with E-state index in [0.29, 0.717) is 13.0 Å². The standard InChI is InChI=1S/C20H25N3O/c1-22(18-7-3-2-4-8-18)20(24)13-14-21-17-9-11-19(12-10-17)23-15-5-6-16-23/h2-4,7-12,21H,5-6,13-16H2,1H3. The Bertz CT molecular complexity index is 648. The third kappa shape index (κ3) is 4.07. The van der Waals surface area contributed by atoms with Gasteiger partial charge >= 0.3 is 0 Å². The van der Waals surface area contributed by atoms with Crippen molar-refractivity contribution in [3.05, 3.63) is 54.6 Å². The molecular formula is C20H25N3O. The van der Waals surface area contributed by atoms with Crippen LogP contribution in [-0.4, -0.2) is 32.6 Å². The van der Waals surface area contributed by atoms with Crippen LogP contribution in [0.4, 0.5) is 17.1 Å². The van der Waals surface area contributed by atoms with Gasteiger partial charge in [0, 0.05) is 50.2 Å². The van der Waals surface area contributed by atoms with E-state index < -0.39 is 0 Å². The first kappa shape index (κ1) is 16.4. The largest absolute Gasteiger partial charge is 0.385 e. The van der Waals surface area contributed by atoms with Crippen LogP contribution in [0.5, 0.6) is 0 Å². The van der Waals surface area contributed by atoms with Crippen molar-refractivity contribution < 1.29 is 4.79 Å². The highest BCUT2D eigenvalue weighted by molar-refractivity contribution is 5.93. The first-order valence-electron chi connectivity index (χ1n) is 8.64. The Morgan fingerprint density at radius 3 is 2.38 bits per heavy atom. The van der Waals surface area contributed by atoms with Crippen LogP contribution >= 0.6 is 0 Å². The van der Waals surface area contributed by atoms with E-state index in [-0.39, 0.29) is 5.91 Å². The van der Waals surface area contributed by atoms with Crippen molar-refractivity contribution in [2.45, 2.75) is 19.3 Å². The average molecular weight is 323 g/mol. The van der Waals surface area contributed by atoms with Crippen LogP contribution in [0.1, 0.15) is 19.3 Å². The predicted molar refractivity (Wildman–Crippen MR) is 101 cm³/mol. The van der Waals surface area contributed by atoms with Crippen molar-refractivity contribution in [2.75, 3.05) is 41.8 Å². The molecule has 2 aromatic rings. The molecule has 0 spiro atoms. The quantitative estimate of drug-likeness (QED) is 0.879. The molecule has 1 fully saturated rings. The molecule has 0 radical (unpaired) electrons. The average Bonchev–Trinajstić information content (AvgIpc) is 3.17. The lowest BCUT2D eigenvalue weighted by Gasteiger charge is -2.19. The minimum atomic E-state index is 0.113. The summed E-state index contributed by atoms with van der Waals surface area (Å²) in [6, 6.07) is 18.2. The highest BCUT2D eigenvalue weighted by Crippen LogP contribution is 2.22. The van der Waals surface area contributed by atoms with E-state index in [1.807, 2.05) is 37.4 Å². The molecule has 1 aliphatic heterocycles. The van der Waals surface area contributed by atoms with Crippen LogP contribution in [0.2, 0.25) is 0 Å². The summed E-state index contributed by atoms with van der Waals surface area (Å²) in [6.45, 7) is 2.96. The molecule has 1 heterocycles. The monoisotopic (exact) mass is 323 g/mol. The Morgan fingerprint density at radius 2 is 1.71 bits per heavy atom. The predicted octanol–water partition coefficient (Wildman–Crippen LogP) is 3.75. The van der Waals surface area contributed by atoms with E-state index in [0.717, 1.165) is 24.5 Å². The summed E-state index contributed by atoms with van der Waals surface area (Å²) in [7, 11) is 1.82. The van der Waals surface area contributed by atoms with Crippen LogP contribution in [0.15, 0.2) is 54.6 Å². The van der Waals surface area contributed by atoms with Crippen LogP contribution in [0, 0.1) is 0 Å². The molecule has 1 N–H and O–H groups in total. The van der Waals surface area contributed by atoms with Crippen molar-refractivity contribution in [3.63, 3.8) is 0 Å². The summed E-state index contributed by atoms with van der Waals surface area (Å²) in [5.41, 5.74) is 3.28. The molecule has 0 saturated carbocycles. The Kier molecular flexibility index (Phi) is 5.36. The lowest BCUT2D eigenvalue weighted by Crippen LogP contribution is -2.27. The second-order valence-electron chi connectivity index (χ2n) is 6.21. The van der Waals surface area contributed by atoms with Gasteiger partial charge in [0.25, 0.3) is 0 Å². The second-order valence-corrected chi connectivity index (χ2v) is 6.21. The molecule has 24 heavy (non-hydrogen) atoms. The molecule has 0 aliphatic carbocycles. The van der Waals surface area contributed by atoms with Gasteiger partial charge in [-0.15, -0.1) is 0 Å². The molecule has 0 bridgehead atoms. The van der Waals surface area contributed by atoms with Crippen LogP contribution < -0.4 is 15.1 Å². The number of para-hydroxylation sites is 1. The SMILES string of the molecule is CN(C(=O)CCNc1ccc(N2CCCC2)cc1)c1ccccc1.